The van der Waals surface area contributed by atoms with Gasteiger partial charge in [-0.15, -0.1) is 0 Å². The fraction of sp³-hybridized carbons (Fsp3) is 0.600. The summed E-state index contributed by atoms with van der Waals surface area (Å²) >= 11 is 0. The second-order valence-corrected chi connectivity index (χ2v) is 7.85. The van der Waals surface area contributed by atoms with E-state index in [0.29, 0.717) is 0 Å². The molecule has 0 spiro atoms. The number of halogens is 3. The first-order valence-corrected chi connectivity index (χ1v) is 9.34. The van der Waals surface area contributed by atoms with Crippen LogP contribution in [0.1, 0.15) is 12.8 Å². The van der Waals surface area contributed by atoms with Crippen molar-refractivity contribution in [3.63, 3.8) is 0 Å². The molecule has 158 valence electrons. The maximum Gasteiger partial charge on any atom is 0.490 e. The summed E-state index contributed by atoms with van der Waals surface area (Å²) < 4.78 is 61.1. The second kappa shape index (κ2) is 11.6. The summed E-state index contributed by atoms with van der Waals surface area (Å²) in [5, 5.41) is 26.3. The Labute approximate surface area is 153 Å². The van der Waals surface area contributed by atoms with Gasteiger partial charge in [0.05, 0.1) is 6.04 Å². The van der Waals surface area contributed by atoms with Crippen molar-refractivity contribution in [3.05, 3.63) is 0 Å². The van der Waals surface area contributed by atoms with Gasteiger partial charge in [0.1, 0.15) is 6.04 Å². The van der Waals surface area contributed by atoms with Crippen molar-refractivity contribution in [2.24, 2.45) is 5.73 Å². The predicted octanol–water partition coefficient (Wildman–Crippen LogP) is -1.08. The van der Waals surface area contributed by atoms with E-state index in [9.17, 15) is 36.0 Å². The van der Waals surface area contributed by atoms with E-state index in [1.54, 1.807) is 0 Å². The lowest BCUT2D eigenvalue weighted by Crippen LogP contribution is -2.49. The Balaban J connectivity index is 0. The Bertz CT molecular complexity index is 652. The molecule has 0 rings (SSSR count). The normalized spacial score (nSPS) is 13.5. The van der Waals surface area contributed by atoms with E-state index in [-0.39, 0.29) is 17.2 Å². The zero-order valence-corrected chi connectivity index (χ0v) is 14.7. The van der Waals surface area contributed by atoms with Gasteiger partial charge >= 0.3 is 33.2 Å². The number of hydrogen-bond acceptors (Lipinski definition) is 8. The molecule has 0 saturated heterocycles. The van der Waals surface area contributed by atoms with Gasteiger partial charge in [-0.3, -0.25) is 14.1 Å². The number of carbonyl (C=O) groups excluding carboxylic acids is 1. The molecule has 0 radical (unpaired) electrons. The van der Waals surface area contributed by atoms with Crippen LogP contribution in [0.25, 0.3) is 0 Å². The molecule has 0 aromatic carbocycles. The third-order valence-electron chi connectivity index (χ3n) is 2.24. The standard InChI is InChI=1S/C8H14N2O8S2.C2HF3O2/c9-4(3-19-20(16,17)18)7(13)10-5(8(14)15)1-2-6(11)12;3-2(4,5)1(6)7/h4-5H,1-3,9H2,(H,10,13)(H,11,12)(H,14,15)(H,16,17,18);(H,6,7)/t4-,5-;/m0./s1. The molecule has 0 aliphatic rings. The number of aliphatic carboxylic acids is 3. The molecule has 0 bridgehead atoms. The fourth-order valence-corrected chi connectivity index (χ4v) is 2.46. The first-order valence-electron chi connectivity index (χ1n) is 6.39. The summed E-state index contributed by atoms with van der Waals surface area (Å²) in [6.07, 6.45) is -5.89. The van der Waals surface area contributed by atoms with E-state index in [1.165, 1.54) is 0 Å². The van der Waals surface area contributed by atoms with Crippen LogP contribution in [0, 0.1) is 0 Å². The maximum absolute atomic E-state index is 11.5. The van der Waals surface area contributed by atoms with E-state index in [0.717, 1.165) is 0 Å². The molecule has 0 heterocycles. The number of carbonyl (C=O) groups is 4. The van der Waals surface area contributed by atoms with Gasteiger partial charge in [0.25, 0.3) is 0 Å². The molecular weight excluding hydrogens is 429 g/mol. The SMILES string of the molecule is N[C@@H](CSS(=O)(=O)O)C(=O)N[C@@H](CCC(=O)O)C(=O)O.O=C(O)C(F)(F)F. The zero-order chi connectivity index (χ0) is 22.0. The monoisotopic (exact) mass is 444 g/mol. The number of hydrogen-bond donors (Lipinski definition) is 6. The number of alkyl halides is 3. The van der Waals surface area contributed by atoms with E-state index < -0.39 is 63.4 Å². The van der Waals surface area contributed by atoms with E-state index >= 15 is 0 Å². The highest BCUT2D eigenvalue weighted by Gasteiger charge is 2.38. The van der Waals surface area contributed by atoms with Crippen molar-refractivity contribution in [2.75, 3.05) is 5.75 Å². The smallest absolute Gasteiger partial charge is 0.481 e. The first-order chi connectivity index (χ1) is 12.0. The lowest BCUT2D eigenvalue weighted by atomic mass is 10.1. The Morgan fingerprint density at radius 3 is 1.85 bits per heavy atom. The summed E-state index contributed by atoms with van der Waals surface area (Å²) in [5.41, 5.74) is 5.31. The van der Waals surface area contributed by atoms with E-state index in [1.807, 2.05) is 5.32 Å². The number of carboxylic acids is 3. The van der Waals surface area contributed by atoms with Gasteiger partial charge in [-0.05, 0) is 17.2 Å². The number of rotatable bonds is 9. The van der Waals surface area contributed by atoms with Gasteiger partial charge in [0, 0.05) is 12.2 Å². The van der Waals surface area contributed by atoms with E-state index in [4.69, 9.17) is 30.4 Å². The van der Waals surface area contributed by atoms with Crippen molar-refractivity contribution in [2.45, 2.75) is 31.1 Å². The molecule has 1 amide bonds. The minimum Gasteiger partial charge on any atom is -0.481 e. The first kappa shape index (κ1) is 27.1. The van der Waals surface area contributed by atoms with Crippen LogP contribution >= 0.6 is 10.8 Å². The molecule has 0 aromatic rings. The lowest BCUT2D eigenvalue weighted by molar-refractivity contribution is -0.192. The number of nitrogens with two attached hydrogens (primary N) is 1. The van der Waals surface area contributed by atoms with E-state index in [2.05, 4.69) is 0 Å². The number of nitrogens with one attached hydrogen (secondary N) is 1. The minimum atomic E-state index is -5.08. The Morgan fingerprint density at radius 1 is 1.11 bits per heavy atom. The molecule has 0 saturated carbocycles. The van der Waals surface area contributed by atoms with Crippen LogP contribution in [0.2, 0.25) is 0 Å². The molecule has 27 heavy (non-hydrogen) atoms. The number of carboxylic acid groups (broad SMARTS) is 3. The average molecular weight is 444 g/mol. The maximum atomic E-state index is 11.5. The molecule has 0 aliphatic heterocycles. The average Bonchev–Trinajstić information content (AvgIpc) is 2.47. The molecule has 12 nitrogen and oxygen atoms in total. The summed E-state index contributed by atoms with van der Waals surface area (Å²) in [6, 6.07) is -2.81. The third kappa shape index (κ3) is 15.8. The molecule has 17 heteroatoms. The highest BCUT2D eigenvalue weighted by atomic mass is 33.1. The predicted molar refractivity (Wildman–Crippen MR) is 82.1 cm³/mol. The summed E-state index contributed by atoms with van der Waals surface area (Å²) in [5.74, 6) is -6.85. The largest absolute Gasteiger partial charge is 0.490 e. The van der Waals surface area contributed by atoms with Gasteiger partial charge in [-0.1, -0.05) is 0 Å². The fourth-order valence-electron chi connectivity index (χ4n) is 1.04. The minimum absolute atomic E-state index is 0.0241. The topological polar surface area (TPSA) is 221 Å². The molecule has 7 N–H and O–H groups in total. The van der Waals surface area contributed by atoms with Crippen molar-refractivity contribution >= 4 is 43.8 Å². The summed E-state index contributed by atoms with van der Waals surface area (Å²) in [4.78, 5) is 41.5. The van der Waals surface area contributed by atoms with Crippen LogP contribution < -0.4 is 11.1 Å². The van der Waals surface area contributed by atoms with Gasteiger partial charge in [-0.2, -0.15) is 21.6 Å². The molecular formula is C10H15F3N2O10S2. The highest BCUT2D eigenvalue weighted by Crippen LogP contribution is 2.13. The van der Waals surface area contributed by atoms with Gasteiger partial charge < -0.3 is 26.4 Å². The van der Waals surface area contributed by atoms with Crippen LogP contribution in [0.3, 0.4) is 0 Å². The van der Waals surface area contributed by atoms with Gasteiger partial charge in [0.15, 0.2) is 0 Å². The molecule has 0 aliphatic carbocycles. The van der Waals surface area contributed by atoms with Crippen LogP contribution in [-0.4, -0.2) is 76.1 Å². The Hall–Kier alpha value is -2.11. The molecule has 0 aromatic heterocycles. The van der Waals surface area contributed by atoms with Crippen molar-refractivity contribution in [1.82, 2.24) is 5.32 Å². The lowest BCUT2D eigenvalue weighted by Gasteiger charge is -2.16. The summed E-state index contributed by atoms with van der Waals surface area (Å²) in [7, 11) is -4.33. The van der Waals surface area contributed by atoms with Crippen molar-refractivity contribution in [1.29, 1.82) is 0 Å². The van der Waals surface area contributed by atoms with Gasteiger partial charge in [0.2, 0.25) is 5.91 Å². The summed E-state index contributed by atoms with van der Waals surface area (Å²) in [6.45, 7) is 0. The van der Waals surface area contributed by atoms with Crippen molar-refractivity contribution in [3.8, 4) is 0 Å². The molecule has 2 atom stereocenters. The number of amides is 1. The Morgan fingerprint density at radius 2 is 1.56 bits per heavy atom. The Kier molecular flexibility index (Phi) is 11.6. The zero-order valence-electron chi connectivity index (χ0n) is 13.0. The van der Waals surface area contributed by atoms with Crippen LogP contribution in [0.4, 0.5) is 13.2 Å². The quantitative estimate of drug-likeness (QED) is 0.185. The van der Waals surface area contributed by atoms with Crippen molar-refractivity contribution < 1.29 is 60.6 Å². The molecule has 0 fully saturated rings. The van der Waals surface area contributed by atoms with Crippen LogP contribution in [0.15, 0.2) is 0 Å². The molecule has 0 unspecified atom stereocenters. The van der Waals surface area contributed by atoms with Crippen LogP contribution in [0.5, 0.6) is 0 Å². The van der Waals surface area contributed by atoms with Crippen LogP contribution in [-0.2, 0) is 28.3 Å². The highest BCUT2D eigenvalue weighted by molar-refractivity contribution is 8.69. The van der Waals surface area contributed by atoms with Gasteiger partial charge in [-0.25, -0.2) is 9.59 Å². The second-order valence-electron chi connectivity index (χ2n) is 4.45. The third-order valence-corrected chi connectivity index (χ3v) is 4.33.